The van der Waals surface area contributed by atoms with E-state index < -0.39 is 0 Å². The summed E-state index contributed by atoms with van der Waals surface area (Å²) in [6.07, 6.45) is 4.83. The first-order valence-electron chi connectivity index (χ1n) is 17.2. The quantitative estimate of drug-likeness (QED) is 0.102. The molecule has 0 radical (unpaired) electrons. The monoisotopic (exact) mass is 646 g/mol. The fourth-order valence-electron chi connectivity index (χ4n) is 6.01. The summed E-state index contributed by atoms with van der Waals surface area (Å²) in [6.45, 7) is 16.6. The van der Waals surface area contributed by atoms with Gasteiger partial charge in [0.25, 0.3) is 0 Å². The Kier molecular flexibility index (Phi) is 10.8. The molecule has 2 aromatic heterocycles. The van der Waals surface area contributed by atoms with Crippen molar-refractivity contribution in [1.82, 2.24) is 30.6 Å². The molecule has 3 aromatic carbocycles. The van der Waals surface area contributed by atoms with Gasteiger partial charge in [-0.05, 0) is 57.7 Å². The molecule has 0 saturated heterocycles. The zero-order valence-corrected chi connectivity index (χ0v) is 29.5. The molecular weight excluding hydrogens is 596 g/mol. The predicted octanol–water partition coefficient (Wildman–Crippen LogP) is 9.01. The Morgan fingerprint density at radius 2 is 0.958 bits per heavy atom. The van der Waals surface area contributed by atoms with Crippen molar-refractivity contribution in [2.45, 2.75) is 80.3 Å². The van der Waals surface area contributed by atoms with Gasteiger partial charge in [0.1, 0.15) is 11.6 Å². The van der Waals surface area contributed by atoms with E-state index in [1.54, 1.807) is 0 Å². The van der Waals surface area contributed by atoms with Crippen LogP contribution in [0.2, 0.25) is 0 Å². The van der Waals surface area contributed by atoms with Gasteiger partial charge < -0.3 is 20.6 Å². The summed E-state index contributed by atoms with van der Waals surface area (Å²) in [5.41, 5.74) is 6.00. The van der Waals surface area contributed by atoms with Gasteiger partial charge in [-0.15, -0.1) is 0 Å². The molecule has 8 heteroatoms. The Bertz CT molecular complexity index is 1850. The van der Waals surface area contributed by atoms with Gasteiger partial charge in [0.05, 0.1) is 23.5 Å². The first kappa shape index (κ1) is 34.6. The Hall–Kier alpha value is -4.72. The Morgan fingerprint density at radius 3 is 1.42 bits per heavy atom. The third-order valence-electron chi connectivity index (χ3n) is 8.59. The lowest BCUT2D eigenvalue weighted by Crippen LogP contribution is -2.33. The third kappa shape index (κ3) is 8.40. The van der Waals surface area contributed by atoms with Crippen LogP contribution in [0.3, 0.4) is 0 Å². The van der Waals surface area contributed by atoms with E-state index in [0.717, 1.165) is 56.1 Å². The Labute approximate surface area is 284 Å². The van der Waals surface area contributed by atoms with Crippen molar-refractivity contribution in [2.24, 2.45) is 23.7 Å². The number of nitrogens with zero attached hydrogens (tertiary/aromatic N) is 2. The second-order valence-electron chi connectivity index (χ2n) is 14.5. The first-order valence-corrected chi connectivity index (χ1v) is 17.2. The number of fused-ring (bicyclic) bond motifs is 1. The van der Waals surface area contributed by atoms with E-state index in [9.17, 15) is 9.59 Å². The SMILES string of the molecule is CC(C)CC(=O)N[C@H](c1nc(-c2ccc(-c3ccc4cc(-c5c[nH]c([C@@H](NC(=O)CC(C)C)C(C)C)n5)ccc4c3)cc2)c[nH]1)C(C)C. The van der Waals surface area contributed by atoms with Crippen LogP contribution >= 0.6 is 0 Å². The average molecular weight is 647 g/mol. The minimum Gasteiger partial charge on any atom is -0.346 e. The predicted molar refractivity (Wildman–Crippen MR) is 195 cm³/mol. The molecule has 4 N–H and O–H groups in total. The number of nitrogens with one attached hydrogen (secondary N) is 4. The van der Waals surface area contributed by atoms with Crippen LogP contribution in [0.1, 0.15) is 92.0 Å². The van der Waals surface area contributed by atoms with E-state index in [0.29, 0.717) is 24.7 Å². The van der Waals surface area contributed by atoms with Gasteiger partial charge in [-0.1, -0.05) is 104 Å². The van der Waals surface area contributed by atoms with Crippen molar-refractivity contribution in [1.29, 1.82) is 0 Å². The van der Waals surface area contributed by atoms with E-state index in [2.05, 4.69) is 109 Å². The van der Waals surface area contributed by atoms with Crippen LogP contribution in [-0.2, 0) is 9.59 Å². The second kappa shape index (κ2) is 15.0. The standard InChI is InChI=1S/C40H50N6O2/c1-23(2)17-35(47)45-37(25(5)6)39-41-21-33(43-39)28-11-9-27(10-12-28)29-13-14-31-20-32(16-15-30(31)19-29)34-22-42-40(44-34)38(26(7)8)46-36(48)18-24(3)4/h9-16,19-26,37-38H,17-18H2,1-8H3,(H,41,43)(H,42,44)(H,45,47)(H,46,48)/t37-,38-/m0/s1. The van der Waals surface area contributed by atoms with E-state index in [1.165, 1.54) is 0 Å². The highest BCUT2D eigenvalue weighted by atomic mass is 16.2. The van der Waals surface area contributed by atoms with Crippen molar-refractivity contribution in [3.8, 4) is 33.6 Å². The molecule has 2 amide bonds. The smallest absolute Gasteiger partial charge is 0.220 e. The second-order valence-corrected chi connectivity index (χ2v) is 14.5. The van der Waals surface area contributed by atoms with Gasteiger partial charge in [0.15, 0.2) is 0 Å². The van der Waals surface area contributed by atoms with Gasteiger partial charge >= 0.3 is 0 Å². The molecule has 252 valence electrons. The highest BCUT2D eigenvalue weighted by molar-refractivity contribution is 5.90. The van der Waals surface area contributed by atoms with Crippen molar-refractivity contribution < 1.29 is 9.59 Å². The fourth-order valence-corrected chi connectivity index (χ4v) is 6.01. The van der Waals surface area contributed by atoms with Crippen LogP contribution in [0.25, 0.3) is 44.4 Å². The van der Waals surface area contributed by atoms with Crippen LogP contribution in [0.5, 0.6) is 0 Å². The summed E-state index contributed by atoms with van der Waals surface area (Å²) >= 11 is 0. The highest BCUT2D eigenvalue weighted by Crippen LogP contribution is 2.31. The molecule has 0 fully saturated rings. The maximum Gasteiger partial charge on any atom is 0.220 e. The van der Waals surface area contributed by atoms with Gasteiger partial charge in [0, 0.05) is 36.4 Å². The number of hydrogen-bond donors (Lipinski definition) is 4. The van der Waals surface area contributed by atoms with Crippen LogP contribution in [0.4, 0.5) is 0 Å². The molecule has 0 aliphatic carbocycles. The molecule has 5 rings (SSSR count). The number of carbonyl (C=O) groups excluding carboxylic acids is 2. The highest BCUT2D eigenvalue weighted by Gasteiger charge is 2.23. The van der Waals surface area contributed by atoms with E-state index in [4.69, 9.17) is 9.97 Å². The molecule has 0 unspecified atom stereocenters. The number of hydrogen-bond acceptors (Lipinski definition) is 4. The van der Waals surface area contributed by atoms with Crippen LogP contribution in [0, 0.1) is 23.7 Å². The lowest BCUT2D eigenvalue weighted by Gasteiger charge is -2.21. The zero-order chi connectivity index (χ0) is 34.5. The normalized spacial score (nSPS) is 13.1. The molecule has 0 saturated carbocycles. The largest absolute Gasteiger partial charge is 0.346 e. The lowest BCUT2D eigenvalue weighted by atomic mass is 9.98. The summed E-state index contributed by atoms with van der Waals surface area (Å²) < 4.78 is 0. The molecule has 0 spiro atoms. The van der Waals surface area contributed by atoms with Gasteiger partial charge in [0.2, 0.25) is 11.8 Å². The molecule has 0 bridgehead atoms. The third-order valence-corrected chi connectivity index (χ3v) is 8.59. The molecule has 2 heterocycles. The number of benzene rings is 3. The van der Waals surface area contributed by atoms with Crippen molar-refractivity contribution in [2.75, 3.05) is 0 Å². The van der Waals surface area contributed by atoms with Gasteiger partial charge in [-0.2, -0.15) is 0 Å². The maximum absolute atomic E-state index is 12.5. The number of H-pyrrole nitrogens is 2. The average Bonchev–Trinajstić information content (AvgIpc) is 3.72. The lowest BCUT2D eigenvalue weighted by molar-refractivity contribution is -0.123. The van der Waals surface area contributed by atoms with E-state index in [-0.39, 0.29) is 35.7 Å². The minimum atomic E-state index is -0.173. The van der Waals surface area contributed by atoms with Gasteiger partial charge in [-0.25, -0.2) is 9.97 Å². The van der Waals surface area contributed by atoms with Crippen LogP contribution < -0.4 is 10.6 Å². The number of imidazole rings is 2. The van der Waals surface area contributed by atoms with Crippen LogP contribution in [-0.4, -0.2) is 31.8 Å². The fraction of sp³-hybridized carbons (Fsp3) is 0.400. The molecule has 8 nitrogen and oxygen atoms in total. The topological polar surface area (TPSA) is 116 Å². The van der Waals surface area contributed by atoms with Crippen LogP contribution in [0.15, 0.2) is 73.1 Å². The first-order chi connectivity index (χ1) is 22.9. The van der Waals surface area contributed by atoms with Crippen molar-refractivity contribution in [3.05, 3.63) is 84.7 Å². The Morgan fingerprint density at radius 1 is 0.562 bits per heavy atom. The maximum atomic E-state index is 12.5. The number of aromatic nitrogens is 4. The summed E-state index contributed by atoms with van der Waals surface area (Å²) in [7, 11) is 0. The summed E-state index contributed by atoms with van der Waals surface area (Å²) in [6, 6.07) is 21.0. The minimum absolute atomic E-state index is 0.0480. The molecule has 0 aliphatic heterocycles. The van der Waals surface area contributed by atoms with E-state index in [1.807, 2.05) is 40.1 Å². The molecule has 48 heavy (non-hydrogen) atoms. The van der Waals surface area contributed by atoms with Crippen molar-refractivity contribution >= 4 is 22.6 Å². The number of amides is 2. The summed E-state index contributed by atoms with van der Waals surface area (Å²) in [5, 5.41) is 8.60. The molecule has 2 atom stereocenters. The Balaban J connectivity index is 1.30. The number of aromatic amines is 2. The molecule has 5 aromatic rings. The molecular formula is C40H50N6O2. The zero-order valence-electron chi connectivity index (χ0n) is 29.5. The number of rotatable bonds is 13. The van der Waals surface area contributed by atoms with Crippen molar-refractivity contribution in [3.63, 3.8) is 0 Å². The summed E-state index contributed by atoms with van der Waals surface area (Å²) in [5.74, 6) is 2.65. The summed E-state index contributed by atoms with van der Waals surface area (Å²) in [4.78, 5) is 41.3. The molecule has 0 aliphatic rings. The number of carbonyl (C=O) groups is 2. The van der Waals surface area contributed by atoms with E-state index >= 15 is 0 Å². The van der Waals surface area contributed by atoms with Gasteiger partial charge in [-0.3, -0.25) is 9.59 Å².